The van der Waals surface area contributed by atoms with Crippen molar-refractivity contribution in [2.75, 3.05) is 11.9 Å². The van der Waals surface area contributed by atoms with Crippen LogP contribution < -0.4 is 5.32 Å². The third-order valence-corrected chi connectivity index (χ3v) is 2.37. The summed E-state index contributed by atoms with van der Waals surface area (Å²) in [5.74, 6) is -1.43. The van der Waals surface area contributed by atoms with E-state index in [2.05, 4.69) is 5.32 Å². The van der Waals surface area contributed by atoms with E-state index in [4.69, 9.17) is 21.8 Å². The summed E-state index contributed by atoms with van der Waals surface area (Å²) in [5.41, 5.74) is 0.307. The van der Waals surface area contributed by atoms with Gasteiger partial charge in [0.15, 0.2) is 0 Å². The SMILES string of the molecule is O=C(CCCO)Nc1ccc(Cl)c(C(=O)O)c1. The lowest BCUT2D eigenvalue weighted by atomic mass is 10.2. The number of carboxylic acid groups (broad SMARTS) is 1. The Balaban J connectivity index is 2.75. The Hall–Kier alpha value is -1.59. The number of amides is 1. The minimum Gasteiger partial charge on any atom is -0.478 e. The third kappa shape index (κ3) is 4.05. The summed E-state index contributed by atoms with van der Waals surface area (Å²) in [6.45, 7) is -0.0611. The highest BCUT2D eigenvalue weighted by Crippen LogP contribution is 2.20. The van der Waals surface area contributed by atoms with Crippen LogP contribution in [0.5, 0.6) is 0 Å². The zero-order valence-electron chi connectivity index (χ0n) is 8.94. The molecule has 0 aliphatic rings. The molecule has 1 rings (SSSR count). The van der Waals surface area contributed by atoms with Gasteiger partial charge in [0.05, 0.1) is 10.6 Å². The Labute approximate surface area is 103 Å². The predicted molar refractivity (Wildman–Crippen MR) is 63.4 cm³/mol. The summed E-state index contributed by atoms with van der Waals surface area (Å²) in [4.78, 5) is 22.1. The van der Waals surface area contributed by atoms with Crippen molar-refractivity contribution in [3.63, 3.8) is 0 Å². The van der Waals surface area contributed by atoms with Crippen molar-refractivity contribution in [2.24, 2.45) is 0 Å². The molecule has 3 N–H and O–H groups in total. The fourth-order valence-electron chi connectivity index (χ4n) is 1.23. The number of carboxylic acids is 1. The van der Waals surface area contributed by atoms with Gasteiger partial charge in [-0.25, -0.2) is 4.79 Å². The van der Waals surface area contributed by atoms with Gasteiger partial charge >= 0.3 is 5.97 Å². The molecule has 0 bridgehead atoms. The summed E-state index contributed by atoms with van der Waals surface area (Å²) >= 11 is 5.68. The van der Waals surface area contributed by atoms with Crippen LogP contribution in [0.4, 0.5) is 5.69 Å². The van der Waals surface area contributed by atoms with Crippen molar-refractivity contribution in [3.05, 3.63) is 28.8 Å². The van der Waals surface area contributed by atoms with Gasteiger partial charge < -0.3 is 15.5 Å². The molecule has 0 fully saturated rings. The quantitative estimate of drug-likeness (QED) is 0.750. The molecule has 0 saturated carbocycles. The molecule has 0 unspecified atom stereocenters. The maximum absolute atomic E-state index is 11.3. The van der Waals surface area contributed by atoms with Gasteiger partial charge in [-0.1, -0.05) is 11.6 Å². The van der Waals surface area contributed by atoms with E-state index in [1.807, 2.05) is 0 Å². The van der Waals surface area contributed by atoms with E-state index in [-0.39, 0.29) is 29.5 Å². The van der Waals surface area contributed by atoms with Gasteiger partial charge in [0.2, 0.25) is 5.91 Å². The van der Waals surface area contributed by atoms with E-state index in [1.165, 1.54) is 18.2 Å². The van der Waals surface area contributed by atoms with Crippen molar-refractivity contribution >= 4 is 29.2 Å². The second-order valence-electron chi connectivity index (χ2n) is 3.38. The lowest BCUT2D eigenvalue weighted by Crippen LogP contribution is -2.12. The fourth-order valence-corrected chi connectivity index (χ4v) is 1.43. The zero-order valence-corrected chi connectivity index (χ0v) is 9.70. The molecule has 0 aliphatic carbocycles. The molecular formula is C11H12ClNO4. The third-order valence-electron chi connectivity index (χ3n) is 2.04. The first kappa shape index (κ1) is 13.5. The van der Waals surface area contributed by atoms with Gasteiger partial charge in [-0.3, -0.25) is 4.79 Å². The molecule has 0 radical (unpaired) electrons. The van der Waals surface area contributed by atoms with Gasteiger partial charge in [0, 0.05) is 18.7 Å². The van der Waals surface area contributed by atoms with Crippen molar-refractivity contribution in [2.45, 2.75) is 12.8 Å². The first-order valence-corrected chi connectivity index (χ1v) is 5.36. The van der Waals surface area contributed by atoms with Gasteiger partial charge in [0.1, 0.15) is 0 Å². The average molecular weight is 258 g/mol. The lowest BCUT2D eigenvalue weighted by molar-refractivity contribution is -0.116. The number of carbonyl (C=O) groups is 2. The predicted octanol–water partition coefficient (Wildman–Crippen LogP) is 1.75. The van der Waals surface area contributed by atoms with Gasteiger partial charge in [-0.05, 0) is 24.6 Å². The Morgan fingerprint density at radius 2 is 2.06 bits per heavy atom. The summed E-state index contributed by atoms with van der Waals surface area (Å²) in [5, 5.41) is 20.0. The normalized spacial score (nSPS) is 10.0. The standard InChI is InChI=1S/C11H12ClNO4/c12-9-4-3-7(6-8(9)11(16)17)13-10(15)2-1-5-14/h3-4,6,14H,1-2,5H2,(H,13,15)(H,16,17). The smallest absolute Gasteiger partial charge is 0.337 e. The monoisotopic (exact) mass is 257 g/mol. The molecule has 0 saturated heterocycles. The molecule has 92 valence electrons. The second kappa shape index (κ2) is 6.22. The van der Waals surface area contributed by atoms with Crippen molar-refractivity contribution < 1.29 is 19.8 Å². The summed E-state index contributed by atoms with van der Waals surface area (Å²) in [7, 11) is 0. The number of halogens is 1. The Kier molecular flexibility index (Phi) is 4.93. The van der Waals surface area contributed by atoms with E-state index in [9.17, 15) is 9.59 Å². The van der Waals surface area contributed by atoms with Gasteiger partial charge in [0.25, 0.3) is 0 Å². The van der Waals surface area contributed by atoms with Crippen molar-refractivity contribution in [1.29, 1.82) is 0 Å². The fraction of sp³-hybridized carbons (Fsp3) is 0.273. The molecule has 1 aromatic carbocycles. The van der Waals surface area contributed by atoms with Crippen LogP contribution in [0.1, 0.15) is 23.2 Å². The maximum atomic E-state index is 11.3. The first-order chi connectivity index (χ1) is 8.04. The number of benzene rings is 1. The maximum Gasteiger partial charge on any atom is 0.337 e. The molecule has 0 atom stereocenters. The highest BCUT2D eigenvalue weighted by molar-refractivity contribution is 6.33. The molecule has 1 aromatic rings. The molecule has 1 amide bonds. The van der Waals surface area contributed by atoms with Crippen LogP contribution in [0.15, 0.2) is 18.2 Å². The van der Waals surface area contributed by atoms with E-state index in [1.54, 1.807) is 0 Å². The van der Waals surface area contributed by atoms with E-state index in [0.717, 1.165) is 0 Å². The van der Waals surface area contributed by atoms with Crippen LogP contribution in [0.25, 0.3) is 0 Å². The minimum atomic E-state index is -1.15. The first-order valence-electron chi connectivity index (χ1n) is 4.98. The van der Waals surface area contributed by atoms with E-state index in [0.29, 0.717) is 12.1 Å². The minimum absolute atomic E-state index is 0.0611. The number of nitrogens with one attached hydrogen (secondary N) is 1. The molecule has 0 heterocycles. The number of aliphatic hydroxyl groups excluding tert-OH is 1. The summed E-state index contributed by atoms with van der Waals surface area (Å²) < 4.78 is 0. The van der Waals surface area contributed by atoms with Gasteiger partial charge in [-0.2, -0.15) is 0 Å². The molecule has 0 spiro atoms. The molecule has 0 aromatic heterocycles. The van der Waals surface area contributed by atoms with Crippen LogP contribution in [-0.4, -0.2) is 28.7 Å². The average Bonchev–Trinajstić information content (AvgIpc) is 2.28. The molecule has 0 aliphatic heterocycles. The van der Waals surface area contributed by atoms with E-state index < -0.39 is 5.97 Å². The Morgan fingerprint density at radius 1 is 1.35 bits per heavy atom. The number of rotatable bonds is 5. The number of hydrogen-bond acceptors (Lipinski definition) is 3. The van der Waals surface area contributed by atoms with Crippen LogP contribution in [0, 0.1) is 0 Å². The topological polar surface area (TPSA) is 86.6 Å². The zero-order chi connectivity index (χ0) is 12.8. The lowest BCUT2D eigenvalue weighted by Gasteiger charge is -2.06. The molecule has 6 heteroatoms. The van der Waals surface area contributed by atoms with Crippen LogP contribution >= 0.6 is 11.6 Å². The Morgan fingerprint density at radius 3 is 2.65 bits per heavy atom. The number of aliphatic hydroxyl groups is 1. The largest absolute Gasteiger partial charge is 0.478 e. The van der Waals surface area contributed by atoms with Crippen LogP contribution in [0.3, 0.4) is 0 Å². The summed E-state index contributed by atoms with van der Waals surface area (Å²) in [6.07, 6.45) is 0.548. The molecule has 5 nitrogen and oxygen atoms in total. The van der Waals surface area contributed by atoms with Crippen LogP contribution in [0.2, 0.25) is 5.02 Å². The summed E-state index contributed by atoms with van der Waals surface area (Å²) in [6, 6.07) is 4.22. The number of hydrogen-bond donors (Lipinski definition) is 3. The van der Waals surface area contributed by atoms with Crippen molar-refractivity contribution in [1.82, 2.24) is 0 Å². The highest BCUT2D eigenvalue weighted by atomic mass is 35.5. The molecular weight excluding hydrogens is 246 g/mol. The Bertz CT molecular complexity index is 433. The highest BCUT2D eigenvalue weighted by Gasteiger charge is 2.10. The second-order valence-corrected chi connectivity index (χ2v) is 3.78. The van der Waals surface area contributed by atoms with Crippen LogP contribution in [-0.2, 0) is 4.79 Å². The number of aromatic carboxylic acids is 1. The van der Waals surface area contributed by atoms with Crippen molar-refractivity contribution in [3.8, 4) is 0 Å². The van der Waals surface area contributed by atoms with Gasteiger partial charge in [-0.15, -0.1) is 0 Å². The number of carbonyl (C=O) groups excluding carboxylic acids is 1. The number of anilines is 1. The van der Waals surface area contributed by atoms with E-state index >= 15 is 0 Å². The molecule has 17 heavy (non-hydrogen) atoms.